The van der Waals surface area contributed by atoms with Crippen molar-refractivity contribution >= 4 is 34.2 Å². The van der Waals surface area contributed by atoms with Gasteiger partial charge in [-0.25, -0.2) is 9.67 Å². The number of hydrogen-bond donors (Lipinski definition) is 1. The Morgan fingerprint density at radius 2 is 2.05 bits per heavy atom. The monoisotopic (exact) mass is 370 g/mol. The molecule has 2 rings (SSSR count). The Kier molecular flexibility index (Phi) is 4.52. The van der Waals surface area contributed by atoms with Gasteiger partial charge in [0.15, 0.2) is 0 Å². The van der Waals surface area contributed by atoms with Crippen molar-refractivity contribution in [3.05, 3.63) is 40.0 Å². The number of nitrogens with zero attached hydrogens (tertiary/aromatic N) is 3. The molecule has 0 aliphatic heterocycles. The highest BCUT2D eigenvalue weighted by Gasteiger charge is 2.06. The van der Waals surface area contributed by atoms with Crippen molar-refractivity contribution < 1.29 is 4.79 Å². The number of anilines is 1. The van der Waals surface area contributed by atoms with Crippen molar-refractivity contribution in [2.75, 3.05) is 5.32 Å². The molecule has 0 radical (unpaired) electrons. The molecule has 1 N–H and O–H groups in total. The van der Waals surface area contributed by atoms with Gasteiger partial charge in [0.1, 0.15) is 12.9 Å². The number of aromatic nitrogens is 3. The van der Waals surface area contributed by atoms with Gasteiger partial charge < -0.3 is 5.32 Å². The minimum absolute atomic E-state index is 0.112. The molecule has 6 heteroatoms. The van der Waals surface area contributed by atoms with Gasteiger partial charge >= 0.3 is 0 Å². The van der Waals surface area contributed by atoms with E-state index in [0.29, 0.717) is 9.75 Å². The summed E-state index contributed by atoms with van der Waals surface area (Å²) < 4.78 is 2.14. The van der Waals surface area contributed by atoms with E-state index in [1.54, 1.807) is 6.33 Å². The number of nitrogens with one attached hydrogen (secondary N) is 1. The van der Waals surface area contributed by atoms with Crippen LogP contribution >= 0.6 is 22.6 Å². The lowest BCUT2D eigenvalue weighted by Gasteiger charge is -2.08. The molecule has 1 aromatic heterocycles. The van der Waals surface area contributed by atoms with E-state index in [2.05, 4.69) is 29.2 Å². The van der Waals surface area contributed by atoms with Crippen LogP contribution in [0.25, 0.3) is 0 Å². The van der Waals surface area contributed by atoms with Crippen LogP contribution in [0.4, 0.5) is 5.69 Å². The van der Waals surface area contributed by atoms with Gasteiger partial charge in [-0.15, -0.1) is 5.10 Å². The molecular weight excluding hydrogens is 355 g/mol. The third-order valence-corrected chi connectivity index (χ3v) is 3.17. The summed E-state index contributed by atoms with van der Waals surface area (Å²) in [6.07, 6.45) is 1.54. The number of benzene rings is 1. The fourth-order valence-electron chi connectivity index (χ4n) is 1.65. The van der Waals surface area contributed by atoms with Crippen molar-refractivity contribution in [3.8, 4) is 0 Å². The molecule has 1 amide bonds. The first kappa shape index (κ1) is 14.0. The van der Waals surface area contributed by atoms with Crippen molar-refractivity contribution in [1.82, 2.24) is 14.8 Å². The Morgan fingerprint density at radius 3 is 2.58 bits per heavy atom. The summed E-state index contributed by atoms with van der Waals surface area (Å²) in [5.74, 6) is 0.376. The fraction of sp³-hybridized carbons (Fsp3) is 0.308. The summed E-state index contributed by atoms with van der Waals surface area (Å²) >= 11 is 2.01. The van der Waals surface area contributed by atoms with Crippen LogP contribution in [0.3, 0.4) is 0 Å². The van der Waals surface area contributed by atoms with E-state index in [4.69, 9.17) is 0 Å². The van der Waals surface area contributed by atoms with Crippen LogP contribution in [-0.4, -0.2) is 20.7 Å². The zero-order valence-corrected chi connectivity index (χ0v) is 13.0. The Morgan fingerprint density at radius 1 is 1.37 bits per heavy atom. The van der Waals surface area contributed by atoms with E-state index in [0.717, 1.165) is 5.69 Å². The van der Waals surface area contributed by atoms with Gasteiger partial charge in [0, 0.05) is 28.3 Å². The van der Waals surface area contributed by atoms with Gasteiger partial charge in [-0.3, -0.25) is 4.79 Å². The Labute approximate surface area is 125 Å². The van der Waals surface area contributed by atoms with E-state index in [1.165, 1.54) is 10.2 Å². The largest absolute Gasteiger partial charge is 0.324 e. The lowest BCUT2D eigenvalue weighted by atomic mass is 10.0. The van der Waals surface area contributed by atoms with Gasteiger partial charge in [-0.2, -0.15) is 0 Å². The number of rotatable bonds is 4. The van der Waals surface area contributed by atoms with Gasteiger partial charge in [0.25, 0.3) is 0 Å². The maximum absolute atomic E-state index is 11.8. The molecule has 0 aliphatic carbocycles. The minimum atomic E-state index is -0.112. The van der Waals surface area contributed by atoms with Crippen molar-refractivity contribution in [2.24, 2.45) is 0 Å². The molecule has 0 unspecified atom stereocenters. The maximum atomic E-state index is 11.8. The third-order valence-electron chi connectivity index (χ3n) is 2.68. The Bertz CT molecular complexity index is 562. The molecule has 0 saturated heterocycles. The maximum Gasteiger partial charge on any atom is 0.246 e. The van der Waals surface area contributed by atoms with E-state index >= 15 is 0 Å². The van der Waals surface area contributed by atoms with Crippen LogP contribution in [-0.2, 0) is 11.3 Å². The van der Waals surface area contributed by atoms with Gasteiger partial charge in [-0.05, 0) is 23.6 Å². The van der Waals surface area contributed by atoms with Crippen LogP contribution in [0.15, 0.2) is 30.6 Å². The Balaban J connectivity index is 1.95. The molecule has 5 nitrogen and oxygen atoms in total. The molecule has 0 spiro atoms. The normalized spacial score (nSPS) is 10.7. The number of carbonyl (C=O) groups is 1. The predicted molar refractivity (Wildman–Crippen MR) is 81.9 cm³/mol. The summed E-state index contributed by atoms with van der Waals surface area (Å²) in [6.45, 7) is 4.45. The first-order valence-electron chi connectivity index (χ1n) is 5.99. The topological polar surface area (TPSA) is 59.8 Å². The van der Waals surface area contributed by atoms with Crippen molar-refractivity contribution in [1.29, 1.82) is 0 Å². The van der Waals surface area contributed by atoms with Crippen LogP contribution in [0, 0.1) is 3.83 Å². The van der Waals surface area contributed by atoms with E-state index < -0.39 is 0 Å². The van der Waals surface area contributed by atoms with E-state index in [-0.39, 0.29) is 12.5 Å². The first-order chi connectivity index (χ1) is 9.04. The van der Waals surface area contributed by atoms with E-state index in [1.807, 2.05) is 46.9 Å². The van der Waals surface area contributed by atoms with Crippen molar-refractivity contribution in [2.45, 2.75) is 26.3 Å². The number of carbonyl (C=O) groups excluding carboxylic acids is 1. The quantitative estimate of drug-likeness (QED) is 0.842. The second kappa shape index (κ2) is 6.14. The molecule has 19 heavy (non-hydrogen) atoms. The molecule has 0 fully saturated rings. The molecule has 0 aliphatic rings. The zero-order valence-electron chi connectivity index (χ0n) is 10.8. The molecule has 0 atom stereocenters. The average molecular weight is 370 g/mol. The van der Waals surface area contributed by atoms with Crippen LogP contribution < -0.4 is 5.32 Å². The Hall–Kier alpha value is -1.44. The van der Waals surface area contributed by atoms with Crippen LogP contribution in [0.5, 0.6) is 0 Å². The smallest absolute Gasteiger partial charge is 0.246 e. The van der Waals surface area contributed by atoms with Gasteiger partial charge in [0.2, 0.25) is 9.74 Å². The molecular formula is C13H15IN4O. The molecule has 1 heterocycles. The predicted octanol–water partition coefficient (Wildman–Crippen LogP) is 2.64. The highest BCUT2D eigenvalue weighted by atomic mass is 127. The van der Waals surface area contributed by atoms with Gasteiger partial charge in [0.05, 0.1) is 0 Å². The minimum Gasteiger partial charge on any atom is -0.324 e. The fourth-order valence-corrected chi connectivity index (χ4v) is 2.05. The average Bonchev–Trinajstić information content (AvgIpc) is 2.75. The number of hydrogen-bond acceptors (Lipinski definition) is 3. The zero-order chi connectivity index (χ0) is 13.8. The van der Waals surface area contributed by atoms with E-state index in [9.17, 15) is 4.79 Å². The summed E-state index contributed by atoms with van der Waals surface area (Å²) in [4.78, 5) is 15.8. The van der Waals surface area contributed by atoms with Crippen molar-refractivity contribution in [3.63, 3.8) is 0 Å². The standard InChI is InChI=1S/C13H15IN4O/c1-9(2)10-3-5-11(6-4-10)16-12(19)7-18-8-15-13(14)17-18/h3-6,8-9H,7H2,1-2H3,(H,16,19). The molecule has 0 bridgehead atoms. The molecule has 0 saturated carbocycles. The van der Waals surface area contributed by atoms with Gasteiger partial charge in [-0.1, -0.05) is 26.0 Å². The summed E-state index contributed by atoms with van der Waals surface area (Å²) in [5, 5.41) is 6.90. The second-order valence-electron chi connectivity index (χ2n) is 4.54. The second-order valence-corrected chi connectivity index (χ2v) is 5.50. The first-order valence-corrected chi connectivity index (χ1v) is 7.07. The third kappa shape index (κ3) is 4.02. The molecule has 1 aromatic carbocycles. The lowest BCUT2D eigenvalue weighted by molar-refractivity contribution is -0.116. The summed E-state index contributed by atoms with van der Waals surface area (Å²) in [7, 11) is 0. The van der Waals surface area contributed by atoms with Crippen LogP contribution in [0.2, 0.25) is 0 Å². The SMILES string of the molecule is CC(C)c1ccc(NC(=O)Cn2cnc(I)n2)cc1. The summed E-state index contributed by atoms with van der Waals surface area (Å²) in [6, 6.07) is 7.88. The number of halogens is 1. The highest BCUT2D eigenvalue weighted by Crippen LogP contribution is 2.17. The molecule has 100 valence electrons. The number of amides is 1. The molecule has 2 aromatic rings. The lowest BCUT2D eigenvalue weighted by Crippen LogP contribution is -2.19. The highest BCUT2D eigenvalue weighted by molar-refractivity contribution is 14.1. The van der Waals surface area contributed by atoms with Crippen LogP contribution in [0.1, 0.15) is 25.3 Å². The summed E-state index contributed by atoms with van der Waals surface area (Å²) in [5.41, 5.74) is 2.05.